The fraction of sp³-hybridized carbons (Fsp3) is 0.0625. The van der Waals surface area contributed by atoms with Gasteiger partial charge >= 0.3 is 0 Å². The van der Waals surface area contributed by atoms with Crippen LogP contribution >= 0.6 is 0 Å². The van der Waals surface area contributed by atoms with Gasteiger partial charge in [0.2, 0.25) is 0 Å². The lowest BCUT2D eigenvalue weighted by molar-refractivity contribution is -0.384. The van der Waals surface area contributed by atoms with Crippen LogP contribution in [0.3, 0.4) is 0 Å². The minimum absolute atomic E-state index is 0.000652. The van der Waals surface area contributed by atoms with E-state index in [1.807, 2.05) is 24.3 Å². The number of hydrogen-bond donors (Lipinski definition) is 0. The zero-order valence-corrected chi connectivity index (χ0v) is 12.2. The van der Waals surface area contributed by atoms with Crippen LogP contribution in [-0.2, 0) is 6.67 Å². The second-order valence-corrected chi connectivity index (χ2v) is 5.37. The first-order valence-electron chi connectivity index (χ1n) is 7.11. The van der Waals surface area contributed by atoms with Gasteiger partial charge in [0.15, 0.2) is 0 Å². The number of nitro groups is 1. The second-order valence-electron chi connectivity index (χ2n) is 5.37. The van der Waals surface area contributed by atoms with Gasteiger partial charge in [-0.3, -0.25) is 24.6 Å². The number of aromatic nitrogens is 2. The predicted molar refractivity (Wildman–Crippen MR) is 83.3 cm³/mol. The van der Waals surface area contributed by atoms with E-state index in [1.54, 1.807) is 10.9 Å². The quantitative estimate of drug-likeness (QED) is 0.418. The van der Waals surface area contributed by atoms with Crippen LogP contribution in [0.4, 0.5) is 5.69 Å². The molecule has 0 fully saturated rings. The number of para-hydroxylation sites is 2. The topological polar surface area (TPSA) is 98.3 Å². The van der Waals surface area contributed by atoms with Crippen LogP contribution in [0.25, 0.3) is 11.0 Å². The number of imide groups is 1. The summed E-state index contributed by atoms with van der Waals surface area (Å²) in [5.74, 6) is -1.01. The molecule has 1 aromatic heterocycles. The van der Waals surface area contributed by atoms with Gasteiger partial charge in [-0.05, 0) is 18.2 Å². The minimum atomic E-state index is -0.593. The molecule has 2 amide bonds. The van der Waals surface area contributed by atoms with Gasteiger partial charge in [0.25, 0.3) is 17.5 Å². The molecule has 1 aliphatic heterocycles. The van der Waals surface area contributed by atoms with E-state index in [1.165, 1.54) is 12.1 Å². The van der Waals surface area contributed by atoms with Gasteiger partial charge in [0, 0.05) is 12.1 Å². The summed E-state index contributed by atoms with van der Waals surface area (Å²) in [7, 11) is 0. The first-order chi connectivity index (χ1) is 11.6. The number of nitro benzene ring substituents is 1. The first-order valence-corrected chi connectivity index (χ1v) is 7.11. The van der Waals surface area contributed by atoms with E-state index in [2.05, 4.69) is 4.98 Å². The highest BCUT2D eigenvalue weighted by Crippen LogP contribution is 2.27. The fourth-order valence-electron chi connectivity index (χ4n) is 2.80. The monoisotopic (exact) mass is 322 g/mol. The van der Waals surface area contributed by atoms with Gasteiger partial charge in [-0.15, -0.1) is 0 Å². The van der Waals surface area contributed by atoms with E-state index in [-0.39, 0.29) is 23.5 Å². The largest absolute Gasteiger partial charge is 0.311 e. The zero-order chi connectivity index (χ0) is 16.8. The molecule has 24 heavy (non-hydrogen) atoms. The van der Waals surface area contributed by atoms with Crippen molar-refractivity contribution in [3.63, 3.8) is 0 Å². The second kappa shape index (κ2) is 4.98. The van der Waals surface area contributed by atoms with E-state index >= 15 is 0 Å². The number of benzene rings is 2. The minimum Gasteiger partial charge on any atom is -0.311 e. The SMILES string of the molecule is O=C1c2ccc([N+](=O)[O-])cc2C(=O)N1Cn1cnc2ccccc21. The molecule has 0 aliphatic carbocycles. The molecule has 118 valence electrons. The number of nitrogens with zero attached hydrogens (tertiary/aromatic N) is 4. The first kappa shape index (κ1) is 14.1. The van der Waals surface area contributed by atoms with Gasteiger partial charge in [-0.2, -0.15) is 0 Å². The van der Waals surface area contributed by atoms with Crippen LogP contribution in [0.1, 0.15) is 20.7 Å². The number of carbonyl (C=O) groups is 2. The van der Waals surface area contributed by atoms with Crippen LogP contribution in [0.2, 0.25) is 0 Å². The van der Waals surface area contributed by atoms with Gasteiger partial charge < -0.3 is 4.57 Å². The molecule has 8 nitrogen and oxygen atoms in total. The van der Waals surface area contributed by atoms with E-state index in [9.17, 15) is 19.7 Å². The Morgan fingerprint density at radius 1 is 1.04 bits per heavy atom. The average molecular weight is 322 g/mol. The number of carbonyl (C=O) groups excluding carboxylic acids is 2. The Balaban J connectivity index is 1.71. The summed E-state index contributed by atoms with van der Waals surface area (Å²) in [6.45, 7) is 0.000652. The standard InChI is InChI=1S/C16H10N4O4/c21-15-11-6-5-10(20(23)24)7-12(11)16(22)19(15)9-18-8-17-13-3-1-2-4-14(13)18/h1-8H,9H2. The zero-order valence-electron chi connectivity index (χ0n) is 12.2. The predicted octanol–water partition coefficient (Wildman–Crippen LogP) is 2.20. The smallest absolute Gasteiger partial charge is 0.270 e. The lowest BCUT2D eigenvalue weighted by Crippen LogP contribution is -2.31. The highest BCUT2D eigenvalue weighted by Gasteiger charge is 2.37. The Hall–Kier alpha value is -3.55. The lowest BCUT2D eigenvalue weighted by Gasteiger charge is -2.14. The molecule has 0 radical (unpaired) electrons. The maximum atomic E-state index is 12.5. The van der Waals surface area contributed by atoms with E-state index in [4.69, 9.17) is 0 Å². The summed E-state index contributed by atoms with van der Waals surface area (Å²) in [4.78, 5) is 40.5. The number of fused-ring (bicyclic) bond motifs is 2. The van der Waals surface area contributed by atoms with Crippen LogP contribution in [0.15, 0.2) is 48.8 Å². The molecule has 0 saturated heterocycles. The maximum absolute atomic E-state index is 12.5. The molecule has 0 atom stereocenters. The summed E-state index contributed by atoms with van der Waals surface area (Å²) >= 11 is 0. The molecular formula is C16H10N4O4. The summed E-state index contributed by atoms with van der Waals surface area (Å²) < 4.78 is 1.69. The van der Waals surface area contributed by atoms with Crippen molar-refractivity contribution in [3.05, 3.63) is 70.0 Å². The van der Waals surface area contributed by atoms with Gasteiger partial charge in [0.1, 0.15) is 6.67 Å². The van der Waals surface area contributed by atoms with Crippen molar-refractivity contribution in [2.24, 2.45) is 0 Å². The molecule has 4 rings (SSSR count). The van der Waals surface area contributed by atoms with Gasteiger partial charge in [-0.25, -0.2) is 4.98 Å². The van der Waals surface area contributed by atoms with Crippen LogP contribution < -0.4 is 0 Å². The third-order valence-electron chi connectivity index (χ3n) is 3.99. The lowest BCUT2D eigenvalue weighted by atomic mass is 10.1. The number of rotatable bonds is 3. The van der Waals surface area contributed by atoms with Crippen molar-refractivity contribution in [2.75, 3.05) is 0 Å². The summed E-state index contributed by atoms with van der Waals surface area (Å²) in [5, 5.41) is 10.9. The van der Waals surface area contributed by atoms with Crippen molar-refractivity contribution < 1.29 is 14.5 Å². The number of hydrogen-bond acceptors (Lipinski definition) is 5. The van der Waals surface area contributed by atoms with Gasteiger partial charge in [0.05, 0.1) is 33.4 Å². The van der Waals surface area contributed by atoms with E-state index in [0.29, 0.717) is 0 Å². The summed E-state index contributed by atoms with van der Waals surface area (Å²) in [5.41, 5.74) is 1.56. The van der Waals surface area contributed by atoms with Crippen LogP contribution in [0, 0.1) is 10.1 Å². The van der Waals surface area contributed by atoms with Crippen LogP contribution in [0.5, 0.6) is 0 Å². The molecule has 3 aromatic rings. The maximum Gasteiger partial charge on any atom is 0.270 e. The summed E-state index contributed by atoms with van der Waals surface area (Å²) in [6, 6.07) is 11.0. The molecule has 0 saturated carbocycles. The van der Waals surface area contributed by atoms with Crippen molar-refractivity contribution in [1.82, 2.24) is 14.5 Å². The highest BCUT2D eigenvalue weighted by molar-refractivity contribution is 6.21. The molecule has 8 heteroatoms. The van der Waals surface area contributed by atoms with Crippen molar-refractivity contribution in [1.29, 1.82) is 0 Å². The summed E-state index contributed by atoms with van der Waals surface area (Å²) in [6.07, 6.45) is 1.55. The molecule has 0 spiro atoms. The Bertz CT molecular complexity index is 1020. The number of non-ortho nitro benzene ring substituents is 1. The van der Waals surface area contributed by atoms with E-state index in [0.717, 1.165) is 22.0 Å². The normalized spacial score (nSPS) is 13.6. The van der Waals surface area contributed by atoms with E-state index < -0.39 is 16.7 Å². The molecule has 1 aliphatic rings. The molecular weight excluding hydrogens is 312 g/mol. The fourth-order valence-corrected chi connectivity index (χ4v) is 2.80. The Morgan fingerprint density at radius 2 is 1.79 bits per heavy atom. The number of amides is 2. The Morgan fingerprint density at radius 3 is 2.58 bits per heavy atom. The average Bonchev–Trinajstić information content (AvgIpc) is 3.10. The van der Waals surface area contributed by atoms with Crippen molar-refractivity contribution in [3.8, 4) is 0 Å². The van der Waals surface area contributed by atoms with Gasteiger partial charge in [-0.1, -0.05) is 12.1 Å². The Kier molecular flexibility index (Phi) is 2.92. The molecule has 2 aromatic carbocycles. The molecule has 2 heterocycles. The molecule has 0 unspecified atom stereocenters. The molecule has 0 N–H and O–H groups in total. The highest BCUT2D eigenvalue weighted by atomic mass is 16.6. The third kappa shape index (κ3) is 1.97. The van der Waals surface area contributed by atoms with Crippen LogP contribution in [-0.4, -0.2) is 31.2 Å². The van der Waals surface area contributed by atoms with Crippen molar-refractivity contribution >= 4 is 28.5 Å². The van der Waals surface area contributed by atoms with Crippen molar-refractivity contribution in [2.45, 2.75) is 6.67 Å². The Labute approximate surface area is 135 Å². The molecule has 0 bridgehead atoms. The number of imidazole rings is 1. The third-order valence-corrected chi connectivity index (χ3v) is 3.99.